The standard InChI is InChI=1S/C13H10Cl2O3S/c14-11-4-3-10(13(15)8-11)7-9-1-5-12(6-2-9)19(16,17)18/h1-6,8H,7H2,(H,16,17,18). The molecule has 0 aliphatic heterocycles. The lowest BCUT2D eigenvalue weighted by Crippen LogP contribution is -1.98. The molecule has 0 bridgehead atoms. The Morgan fingerprint density at radius 2 is 1.63 bits per heavy atom. The second kappa shape index (κ2) is 5.51. The second-order valence-corrected chi connectivity index (χ2v) is 6.30. The Morgan fingerprint density at radius 1 is 1.00 bits per heavy atom. The lowest BCUT2D eigenvalue weighted by atomic mass is 10.1. The first-order valence-corrected chi connectivity index (χ1v) is 7.56. The summed E-state index contributed by atoms with van der Waals surface area (Å²) in [6, 6.07) is 11.2. The smallest absolute Gasteiger partial charge is 0.282 e. The number of hydrogen-bond acceptors (Lipinski definition) is 2. The van der Waals surface area contributed by atoms with Crippen LogP contribution in [0.3, 0.4) is 0 Å². The average molecular weight is 317 g/mol. The van der Waals surface area contributed by atoms with Crippen LogP contribution in [0.25, 0.3) is 0 Å². The van der Waals surface area contributed by atoms with Crippen LogP contribution in [0, 0.1) is 0 Å². The van der Waals surface area contributed by atoms with Gasteiger partial charge in [0.15, 0.2) is 0 Å². The molecule has 0 atom stereocenters. The summed E-state index contributed by atoms with van der Waals surface area (Å²) in [6.45, 7) is 0. The van der Waals surface area contributed by atoms with Gasteiger partial charge in [-0.15, -0.1) is 0 Å². The van der Waals surface area contributed by atoms with Gasteiger partial charge in [0.05, 0.1) is 4.90 Å². The van der Waals surface area contributed by atoms with E-state index in [9.17, 15) is 8.42 Å². The Morgan fingerprint density at radius 3 is 2.16 bits per heavy atom. The fraction of sp³-hybridized carbons (Fsp3) is 0.0769. The molecule has 3 nitrogen and oxygen atoms in total. The molecule has 0 spiro atoms. The Balaban J connectivity index is 2.25. The molecule has 0 aliphatic carbocycles. The van der Waals surface area contributed by atoms with Gasteiger partial charge in [-0.05, 0) is 41.8 Å². The van der Waals surface area contributed by atoms with E-state index < -0.39 is 10.1 Å². The van der Waals surface area contributed by atoms with E-state index in [1.807, 2.05) is 6.07 Å². The largest absolute Gasteiger partial charge is 0.294 e. The van der Waals surface area contributed by atoms with Crippen molar-refractivity contribution >= 4 is 33.3 Å². The summed E-state index contributed by atoms with van der Waals surface area (Å²) in [6.07, 6.45) is 0.557. The van der Waals surface area contributed by atoms with Crippen molar-refractivity contribution in [2.24, 2.45) is 0 Å². The van der Waals surface area contributed by atoms with Gasteiger partial charge in [-0.1, -0.05) is 41.4 Å². The number of benzene rings is 2. The van der Waals surface area contributed by atoms with E-state index in [-0.39, 0.29) is 4.90 Å². The van der Waals surface area contributed by atoms with Crippen LogP contribution in [0.4, 0.5) is 0 Å². The summed E-state index contributed by atoms with van der Waals surface area (Å²) in [7, 11) is -4.15. The minimum atomic E-state index is -4.15. The number of hydrogen-bond donors (Lipinski definition) is 1. The topological polar surface area (TPSA) is 54.4 Å². The molecule has 19 heavy (non-hydrogen) atoms. The third-order valence-electron chi connectivity index (χ3n) is 2.63. The van der Waals surface area contributed by atoms with Crippen molar-refractivity contribution in [1.29, 1.82) is 0 Å². The number of halogens is 2. The fourth-order valence-electron chi connectivity index (χ4n) is 1.66. The van der Waals surface area contributed by atoms with Gasteiger partial charge in [0.25, 0.3) is 10.1 Å². The summed E-state index contributed by atoms with van der Waals surface area (Å²) >= 11 is 11.9. The lowest BCUT2D eigenvalue weighted by molar-refractivity contribution is 0.483. The predicted molar refractivity (Wildman–Crippen MR) is 75.5 cm³/mol. The van der Waals surface area contributed by atoms with Gasteiger partial charge in [-0.25, -0.2) is 0 Å². The van der Waals surface area contributed by atoms with Crippen LogP contribution < -0.4 is 0 Å². The Hall–Kier alpha value is -1.07. The molecule has 1 N–H and O–H groups in total. The maximum atomic E-state index is 10.9. The second-order valence-electron chi connectivity index (χ2n) is 4.03. The van der Waals surface area contributed by atoms with Crippen LogP contribution in [0.2, 0.25) is 10.0 Å². The third kappa shape index (κ3) is 3.70. The predicted octanol–water partition coefficient (Wildman–Crippen LogP) is 3.83. The van der Waals surface area contributed by atoms with Crippen molar-refractivity contribution in [3.8, 4) is 0 Å². The first kappa shape index (κ1) is 14.3. The summed E-state index contributed by atoms with van der Waals surface area (Å²) in [5.74, 6) is 0. The number of rotatable bonds is 3. The normalized spacial score (nSPS) is 11.5. The van der Waals surface area contributed by atoms with Gasteiger partial charge in [0, 0.05) is 10.0 Å². The molecule has 2 aromatic carbocycles. The van der Waals surface area contributed by atoms with Crippen molar-refractivity contribution in [2.45, 2.75) is 11.3 Å². The maximum absolute atomic E-state index is 10.9. The molecule has 2 rings (SSSR count). The van der Waals surface area contributed by atoms with E-state index in [0.29, 0.717) is 16.5 Å². The molecule has 0 radical (unpaired) electrons. The quantitative estimate of drug-likeness (QED) is 0.875. The molecule has 6 heteroatoms. The molecule has 0 aliphatic rings. The minimum absolute atomic E-state index is 0.126. The van der Waals surface area contributed by atoms with Crippen LogP contribution in [-0.2, 0) is 16.5 Å². The van der Waals surface area contributed by atoms with E-state index >= 15 is 0 Å². The fourth-order valence-corrected chi connectivity index (χ4v) is 2.62. The van der Waals surface area contributed by atoms with Gasteiger partial charge in [-0.2, -0.15) is 8.42 Å². The van der Waals surface area contributed by atoms with E-state index in [0.717, 1.165) is 11.1 Å². The molecule has 100 valence electrons. The van der Waals surface area contributed by atoms with Crippen molar-refractivity contribution in [3.05, 3.63) is 63.6 Å². The molecular weight excluding hydrogens is 307 g/mol. The molecular formula is C13H10Cl2O3S. The highest BCUT2D eigenvalue weighted by Crippen LogP contribution is 2.23. The average Bonchev–Trinajstić information content (AvgIpc) is 2.32. The molecule has 0 saturated carbocycles. The van der Waals surface area contributed by atoms with Crippen LogP contribution in [0.5, 0.6) is 0 Å². The van der Waals surface area contributed by atoms with E-state index in [1.165, 1.54) is 12.1 Å². The van der Waals surface area contributed by atoms with Crippen molar-refractivity contribution in [2.75, 3.05) is 0 Å². The zero-order chi connectivity index (χ0) is 14.0. The molecule has 0 amide bonds. The SMILES string of the molecule is O=S(=O)(O)c1ccc(Cc2ccc(Cl)cc2Cl)cc1. The van der Waals surface area contributed by atoms with Crippen molar-refractivity contribution < 1.29 is 13.0 Å². The van der Waals surface area contributed by atoms with Crippen LogP contribution in [0.1, 0.15) is 11.1 Å². The summed E-state index contributed by atoms with van der Waals surface area (Å²) in [5.41, 5.74) is 1.78. The molecule has 0 heterocycles. The zero-order valence-corrected chi connectivity index (χ0v) is 12.0. The molecule has 0 saturated heterocycles. The van der Waals surface area contributed by atoms with Crippen LogP contribution >= 0.6 is 23.2 Å². The van der Waals surface area contributed by atoms with E-state index in [2.05, 4.69) is 0 Å². The maximum Gasteiger partial charge on any atom is 0.294 e. The highest BCUT2D eigenvalue weighted by molar-refractivity contribution is 7.85. The first-order valence-electron chi connectivity index (χ1n) is 5.36. The van der Waals surface area contributed by atoms with Crippen molar-refractivity contribution in [1.82, 2.24) is 0 Å². The van der Waals surface area contributed by atoms with E-state index in [4.69, 9.17) is 27.8 Å². The van der Waals surface area contributed by atoms with Crippen LogP contribution in [0.15, 0.2) is 47.4 Å². The van der Waals surface area contributed by atoms with Gasteiger partial charge >= 0.3 is 0 Å². The lowest BCUT2D eigenvalue weighted by Gasteiger charge is -2.05. The molecule has 0 fully saturated rings. The van der Waals surface area contributed by atoms with Gasteiger partial charge in [0.1, 0.15) is 0 Å². The van der Waals surface area contributed by atoms with Crippen LogP contribution in [-0.4, -0.2) is 13.0 Å². The van der Waals surface area contributed by atoms with E-state index in [1.54, 1.807) is 24.3 Å². The summed E-state index contributed by atoms with van der Waals surface area (Å²) in [4.78, 5) is -0.126. The first-order chi connectivity index (χ1) is 8.86. The highest BCUT2D eigenvalue weighted by Gasteiger charge is 2.09. The summed E-state index contributed by atoms with van der Waals surface area (Å²) < 4.78 is 30.7. The highest BCUT2D eigenvalue weighted by atomic mass is 35.5. The molecule has 0 aromatic heterocycles. The minimum Gasteiger partial charge on any atom is -0.282 e. The molecule has 2 aromatic rings. The molecule has 0 unspecified atom stereocenters. The monoisotopic (exact) mass is 316 g/mol. The summed E-state index contributed by atoms with van der Waals surface area (Å²) in [5, 5.41) is 1.13. The Labute approximate surface area is 121 Å². The van der Waals surface area contributed by atoms with Gasteiger partial charge in [-0.3, -0.25) is 4.55 Å². The van der Waals surface area contributed by atoms with Gasteiger partial charge in [0.2, 0.25) is 0 Å². The third-order valence-corrected chi connectivity index (χ3v) is 4.09. The Bertz CT molecular complexity index is 694. The van der Waals surface area contributed by atoms with Crippen molar-refractivity contribution in [3.63, 3.8) is 0 Å². The Kier molecular flexibility index (Phi) is 4.16. The van der Waals surface area contributed by atoms with Gasteiger partial charge < -0.3 is 0 Å². The zero-order valence-electron chi connectivity index (χ0n) is 9.68.